The van der Waals surface area contributed by atoms with Crippen molar-refractivity contribution in [2.45, 2.75) is 31.8 Å². The summed E-state index contributed by atoms with van der Waals surface area (Å²) < 4.78 is 7.46. The summed E-state index contributed by atoms with van der Waals surface area (Å²) in [6.45, 7) is 2.67. The Labute approximate surface area is 122 Å². The summed E-state index contributed by atoms with van der Waals surface area (Å²) in [5.74, 6) is -0.147. The van der Waals surface area contributed by atoms with Crippen LogP contribution in [-0.2, 0) is 17.8 Å². The van der Waals surface area contributed by atoms with Crippen LogP contribution in [0.2, 0.25) is 0 Å². The van der Waals surface area contributed by atoms with Crippen LogP contribution in [0.15, 0.2) is 6.07 Å². The van der Waals surface area contributed by atoms with Crippen molar-refractivity contribution in [3.8, 4) is 0 Å². The third-order valence-electron chi connectivity index (χ3n) is 4.35. The van der Waals surface area contributed by atoms with Gasteiger partial charge in [0.2, 0.25) is 0 Å². The van der Waals surface area contributed by atoms with Crippen LogP contribution in [0.25, 0.3) is 0 Å². The van der Waals surface area contributed by atoms with Crippen molar-refractivity contribution < 1.29 is 19.4 Å². The van der Waals surface area contributed by atoms with Gasteiger partial charge in [0.05, 0.1) is 17.8 Å². The van der Waals surface area contributed by atoms with Gasteiger partial charge in [0.1, 0.15) is 0 Å². The van der Waals surface area contributed by atoms with Gasteiger partial charge in [-0.3, -0.25) is 4.79 Å². The standard InChI is InChI=1S/C14H19N3O4/c15-13(18)10-7-11(9-1-5-21-6-2-9)17-4-3-16(14(19)20)8-12(10)17/h7,9H,1-6,8H2,(H2,15,18)(H,19,20). The maximum atomic E-state index is 11.7. The monoisotopic (exact) mass is 293 g/mol. The van der Waals surface area contributed by atoms with Crippen molar-refractivity contribution in [3.63, 3.8) is 0 Å². The Morgan fingerprint density at radius 3 is 2.62 bits per heavy atom. The molecule has 1 fully saturated rings. The van der Waals surface area contributed by atoms with E-state index in [1.54, 1.807) is 0 Å². The number of amides is 2. The summed E-state index contributed by atoms with van der Waals surface area (Å²) in [5.41, 5.74) is 7.72. The lowest BCUT2D eigenvalue weighted by molar-refractivity contribution is 0.0830. The lowest BCUT2D eigenvalue weighted by Crippen LogP contribution is -2.38. The molecule has 1 saturated heterocycles. The summed E-state index contributed by atoms with van der Waals surface area (Å²) in [5, 5.41) is 9.13. The Kier molecular flexibility index (Phi) is 3.59. The molecule has 7 nitrogen and oxygen atoms in total. The second kappa shape index (κ2) is 5.40. The molecule has 0 unspecified atom stereocenters. The molecule has 0 saturated carbocycles. The first kappa shape index (κ1) is 13.9. The predicted octanol–water partition coefficient (Wildman–Crippen LogP) is 0.975. The number of hydrogen-bond donors (Lipinski definition) is 2. The van der Waals surface area contributed by atoms with Gasteiger partial charge in [-0.15, -0.1) is 0 Å². The molecule has 2 aliphatic heterocycles. The fourth-order valence-corrected chi connectivity index (χ4v) is 3.23. The number of carbonyl (C=O) groups excluding carboxylic acids is 1. The van der Waals surface area contributed by atoms with Crippen molar-refractivity contribution in [2.75, 3.05) is 19.8 Å². The molecule has 21 heavy (non-hydrogen) atoms. The van der Waals surface area contributed by atoms with Crippen LogP contribution in [0.5, 0.6) is 0 Å². The smallest absolute Gasteiger partial charge is 0.407 e. The second-order valence-electron chi connectivity index (χ2n) is 5.54. The molecule has 1 aromatic rings. The van der Waals surface area contributed by atoms with E-state index in [9.17, 15) is 9.59 Å². The first-order chi connectivity index (χ1) is 10.1. The Morgan fingerprint density at radius 2 is 2.00 bits per heavy atom. The third-order valence-corrected chi connectivity index (χ3v) is 4.35. The van der Waals surface area contributed by atoms with E-state index in [0.29, 0.717) is 24.6 Å². The number of primary amides is 1. The number of aromatic nitrogens is 1. The minimum absolute atomic E-state index is 0.219. The van der Waals surface area contributed by atoms with Crippen LogP contribution in [-0.4, -0.2) is 46.3 Å². The van der Waals surface area contributed by atoms with Gasteiger partial charge in [0, 0.05) is 37.9 Å². The van der Waals surface area contributed by atoms with Gasteiger partial charge in [-0.2, -0.15) is 0 Å². The largest absolute Gasteiger partial charge is 0.465 e. The number of nitrogens with zero attached hydrogens (tertiary/aromatic N) is 2. The van der Waals surface area contributed by atoms with Crippen molar-refractivity contribution in [2.24, 2.45) is 5.73 Å². The lowest BCUT2D eigenvalue weighted by atomic mass is 9.96. The zero-order valence-electron chi connectivity index (χ0n) is 11.7. The number of carbonyl (C=O) groups is 2. The van der Waals surface area contributed by atoms with Crippen molar-refractivity contribution in [1.82, 2.24) is 9.47 Å². The molecule has 0 radical (unpaired) electrons. The molecule has 2 amide bonds. The summed E-state index contributed by atoms with van der Waals surface area (Å²) in [7, 11) is 0. The number of fused-ring (bicyclic) bond motifs is 1. The highest BCUT2D eigenvalue weighted by Crippen LogP contribution is 2.32. The van der Waals surface area contributed by atoms with Gasteiger partial charge in [-0.1, -0.05) is 0 Å². The molecule has 3 N–H and O–H groups in total. The number of nitrogens with two attached hydrogens (primary N) is 1. The van der Waals surface area contributed by atoms with Crippen LogP contribution in [0.4, 0.5) is 4.79 Å². The van der Waals surface area contributed by atoms with E-state index < -0.39 is 12.0 Å². The minimum Gasteiger partial charge on any atom is -0.465 e. The second-order valence-corrected chi connectivity index (χ2v) is 5.54. The van der Waals surface area contributed by atoms with E-state index in [1.165, 1.54) is 4.90 Å². The van der Waals surface area contributed by atoms with Gasteiger partial charge < -0.3 is 25.0 Å². The maximum Gasteiger partial charge on any atom is 0.407 e. The molecule has 0 atom stereocenters. The van der Waals surface area contributed by atoms with E-state index in [0.717, 1.165) is 37.4 Å². The van der Waals surface area contributed by atoms with Gasteiger partial charge >= 0.3 is 6.09 Å². The van der Waals surface area contributed by atoms with E-state index in [-0.39, 0.29) is 6.54 Å². The zero-order chi connectivity index (χ0) is 15.0. The van der Waals surface area contributed by atoms with E-state index in [2.05, 4.69) is 4.57 Å². The van der Waals surface area contributed by atoms with Crippen LogP contribution >= 0.6 is 0 Å². The molecule has 114 valence electrons. The molecule has 1 aromatic heterocycles. The SMILES string of the molecule is NC(=O)c1cc(C2CCOCC2)n2c1CN(C(=O)O)CC2. The Morgan fingerprint density at radius 1 is 1.29 bits per heavy atom. The molecule has 0 spiro atoms. The van der Waals surface area contributed by atoms with Crippen molar-refractivity contribution in [3.05, 3.63) is 23.0 Å². The number of ether oxygens (including phenoxy) is 1. The third kappa shape index (κ3) is 2.49. The summed E-state index contributed by atoms with van der Waals surface area (Å²) in [4.78, 5) is 24.1. The van der Waals surface area contributed by atoms with Crippen molar-refractivity contribution >= 4 is 12.0 Å². The van der Waals surface area contributed by atoms with Crippen LogP contribution < -0.4 is 5.73 Å². The highest BCUT2D eigenvalue weighted by Gasteiger charge is 2.30. The van der Waals surface area contributed by atoms with Gasteiger partial charge in [0.15, 0.2) is 0 Å². The van der Waals surface area contributed by atoms with E-state index in [1.807, 2.05) is 6.07 Å². The molecular formula is C14H19N3O4. The molecule has 0 bridgehead atoms. The first-order valence-corrected chi connectivity index (χ1v) is 7.15. The molecule has 2 aliphatic rings. The average molecular weight is 293 g/mol. The Balaban J connectivity index is 1.98. The minimum atomic E-state index is -0.967. The van der Waals surface area contributed by atoms with Gasteiger partial charge in [-0.05, 0) is 18.9 Å². The van der Waals surface area contributed by atoms with Crippen LogP contribution in [0.3, 0.4) is 0 Å². The maximum absolute atomic E-state index is 11.7. The van der Waals surface area contributed by atoms with Gasteiger partial charge in [-0.25, -0.2) is 4.79 Å². The van der Waals surface area contributed by atoms with Crippen LogP contribution in [0.1, 0.15) is 40.5 Å². The molecule has 0 aliphatic carbocycles. The fourth-order valence-electron chi connectivity index (χ4n) is 3.23. The summed E-state index contributed by atoms with van der Waals surface area (Å²) in [6.07, 6.45) is 0.875. The van der Waals surface area contributed by atoms with E-state index in [4.69, 9.17) is 15.6 Å². The molecule has 3 heterocycles. The topological polar surface area (TPSA) is 97.8 Å². The summed E-state index contributed by atoms with van der Waals surface area (Å²) >= 11 is 0. The van der Waals surface area contributed by atoms with Crippen molar-refractivity contribution in [1.29, 1.82) is 0 Å². The highest BCUT2D eigenvalue weighted by molar-refractivity contribution is 5.94. The van der Waals surface area contributed by atoms with E-state index >= 15 is 0 Å². The zero-order valence-corrected chi connectivity index (χ0v) is 11.7. The average Bonchev–Trinajstić information content (AvgIpc) is 2.87. The van der Waals surface area contributed by atoms with Crippen LogP contribution in [0, 0.1) is 0 Å². The lowest BCUT2D eigenvalue weighted by Gasteiger charge is -2.30. The highest BCUT2D eigenvalue weighted by atomic mass is 16.5. The predicted molar refractivity (Wildman–Crippen MR) is 74.2 cm³/mol. The molecule has 3 rings (SSSR count). The quantitative estimate of drug-likeness (QED) is 0.849. The molecule has 7 heteroatoms. The Hall–Kier alpha value is -2.02. The number of rotatable bonds is 2. The van der Waals surface area contributed by atoms with Gasteiger partial charge in [0.25, 0.3) is 5.91 Å². The number of hydrogen-bond acceptors (Lipinski definition) is 3. The Bertz CT molecular complexity index is 575. The summed E-state index contributed by atoms with van der Waals surface area (Å²) in [6, 6.07) is 1.85. The number of carboxylic acid groups (broad SMARTS) is 1. The molecule has 0 aromatic carbocycles. The normalized spacial score (nSPS) is 19.3. The molecular weight excluding hydrogens is 274 g/mol. The first-order valence-electron chi connectivity index (χ1n) is 7.15. The fraction of sp³-hybridized carbons (Fsp3) is 0.571.